The second-order valence-corrected chi connectivity index (χ2v) is 5.36. The van der Waals surface area contributed by atoms with Gasteiger partial charge in [-0.05, 0) is 49.7 Å². The van der Waals surface area contributed by atoms with Gasteiger partial charge in [0.15, 0.2) is 0 Å². The molecule has 0 heterocycles. The van der Waals surface area contributed by atoms with Crippen molar-refractivity contribution in [2.45, 2.75) is 13.8 Å². The molecular formula is C19H22N2O2. The molecule has 0 aliphatic rings. The highest BCUT2D eigenvalue weighted by Gasteiger charge is 2.08. The molecule has 0 aromatic heterocycles. The molecule has 4 nitrogen and oxygen atoms in total. The van der Waals surface area contributed by atoms with Gasteiger partial charge in [-0.25, -0.2) is 0 Å². The smallest absolute Gasteiger partial charge is 0.251 e. The van der Waals surface area contributed by atoms with E-state index in [2.05, 4.69) is 17.1 Å². The highest BCUT2D eigenvalue weighted by Crippen LogP contribution is 2.18. The van der Waals surface area contributed by atoms with E-state index in [1.54, 1.807) is 12.1 Å². The molecule has 23 heavy (non-hydrogen) atoms. The first-order valence-electron chi connectivity index (χ1n) is 7.79. The van der Waals surface area contributed by atoms with Crippen molar-refractivity contribution < 1.29 is 9.59 Å². The minimum absolute atomic E-state index is 0.0610. The first kappa shape index (κ1) is 16.7. The Morgan fingerprint density at radius 3 is 2.52 bits per heavy atom. The second-order valence-electron chi connectivity index (χ2n) is 5.36. The van der Waals surface area contributed by atoms with Crippen LogP contribution in [0.25, 0.3) is 0 Å². The lowest BCUT2D eigenvalue weighted by atomic mass is 10.1. The van der Waals surface area contributed by atoms with Gasteiger partial charge >= 0.3 is 0 Å². The summed E-state index contributed by atoms with van der Waals surface area (Å²) in [4.78, 5) is 25.1. The SMILES string of the molecule is CCN(CCNC(=O)c1ccccc1)c1ccc(C=O)c(C)c1. The third kappa shape index (κ3) is 4.42. The Hall–Kier alpha value is -2.62. The van der Waals surface area contributed by atoms with E-state index >= 15 is 0 Å². The normalized spacial score (nSPS) is 10.2. The Balaban J connectivity index is 1.94. The molecule has 0 bridgehead atoms. The lowest BCUT2D eigenvalue weighted by molar-refractivity contribution is 0.0954. The molecule has 0 radical (unpaired) electrons. The van der Waals surface area contributed by atoms with Gasteiger partial charge in [-0.2, -0.15) is 0 Å². The maximum Gasteiger partial charge on any atom is 0.251 e. The summed E-state index contributed by atoms with van der Waals surface area (Å²) < 4.78 is 0. The van der Waals surface area contributed by atoms with Gasteiger partial charge in [0.25, 0.3) is 5.91 Å². The minimum atomic E-state index is -0.0610. The van der Waals surface area contributed by atoms with E-state index in [9.17, 15) is 9.59 Å². The number of nitrogens with zero attached hydrogens (tertiary/aromatic N) is 1. The van der Waals surface area contributed by atoms with Gasteiger partial charge in [-0.15, -0.1) is 0 Å². The number of hydrogen-bond donors (Lipinski definition) is 1. The van der Waals surface area contributed by atoms with Crippen LogP contribution in [0.15, 0.2) is 48.5 Å². The van der Waals surface area contributed by atoms with Crippen LogP contribution in [-0.4, -0.2) is 31.8 Å². The summed E-state index contributed by atoms with van der Waals surface area (Å²) in [5.41, 5.74) is 3.40. The monoisotopic (exact) mass is 310 g/mol. The van der Waals surface area contributed by atoms with E-state index < -0.39 is 0 Å². The van der Waals surface area contributed by atoms with Crippen molar-refractivity contribution in [1.82, 2.24) is 5.32 Å². The molecule has 0 aliphatic carbocycles. The highest BCUT2D eigenvalue weighted by molar-refractivity contribution is 5.94. The van der Waals surface area contributed by atoms with E-state index in [0.717, 1.165) is 30.6 Å². The fourth-order valence-electron chi connectivity index (χ4n) is 2.45. The van der Waals surface area contributed by atoms with Crippen molar-refractivity contribution in [3.63, 3.8) is 0 Å². The average molecular weight is 310 g/mol. The topological polar surface area (TPSA) is 49.4 Å². The number of hydrogen-bond acceptors (Lipinski definition) is 3. The van der Waals surface area contributed by atoms with Crippen LogP contribution in [0.2, 0.25) is 0 Å². The van der Waals surface area contributed by atoms with Gasteiger partial charge < -0.3 is 10.2 Å². The molecule has 1 N–H and O–H groups in total. The molecule has 4 heteroatoms. The summed E-state index contributed by atoms with van der Waals surface area (Å²) in [6.07, 6.45) is 0.871. The summed E-state index contributed by atoms with van der Waals surface area (Å²) in [6.45, 7) is 6.12. The molecule has 0 fully saturated rings. The van der Waals surface area contributed by atoms with Crippen molar-refractivity contribution >= 4 is 17.9 Å². The van der Waals surface area contributed by atoms with Crippen LogP contribution in [0.1, 0.15) is 33.2 Å². The van der Waals surface area contributed by atoms with E-state index in [1.165, 1.54) is 0 Å². The van der Waals surface area contributed by atoms with Crippen molar-refractivity contribution in [3.05, 3.63) is 65.2 Å². The molecule has 0 saturated carbocycles. The predicted molar refractivity (Wildman–Crippen MR) is 93.2 cm³/mol. The summed E-state index contributed by atoms with van der Waals surface area (Å²) >= 11 is 0. The number of nitrogens with one attached hydrogen (secondary N) is 1. The average Bonchev–Trinajstić information content (AvgIpc) is 2.59. The number of aldehydes is 1. The number of amides is 1. The maximum atomic E-state index is 12.0. The van der Waals surface area contributed by atoms with E-state index in [1.807, 2.05) is 43.3 Å². The Morgan fingerprint density at radius 1 is 1.17 bits per heavy atom. The van der Waals surface area contributed by atoms with Gasteiger partial charge in [-0.1, -0.05) is 18.2 Å². The van der Waals surface area contributed by atoms with Crippen molar-refractivity contribution in [1.29, 1.82) is 0 Å². The van der Waals surface area contributed by atoms with Crippen LogP contribution >= 0.6 is 0 Å². The lowest BCUT2D eigenvalue weighted by Gasteiger charge is -2.24. The van der Waals surface area contributed by atoms with Gasteiger partial charge in [-0.3, -0.25) is 9.59 Å². The Bertz CT molecular complexity index is 668. The van der Waals surface area contributed by atoms with Crippen LogP contribution in [0.5, 0.6) is 0 Å². The van der Waals surface area contributed by atoms with Crippen LogP contribution in [0.3, 0.4) is 0 Å². The first-order valence-corrected chi connectivity index (χ1v) is 7.79. The second kappa shape index (κ2) is 8.13. The molecular weight excluding hydrogens is 288 g/mol. The Kier molecular flexibility index (Phi) is 5.92. The molecule has 120 valence electrons. The molecule has 0 spiro atoms. The van der Waals surface area contributed by atoms with E-state index in [0.29, 0.717) is 17.7 Å². The zero-order chi connectivity index (χ0) is 16.7. The van der Waals surface area contributed by atoms with Crippen LogP contribution in [0.4, 0.5) is 5.69 Å². The van der Waals surface area contributed by atoms with Crippen LogP contribution < -0.4 is 10.2 Å². The van der Waals surface area contributed by atoms with Crippen molar-refractivity contribution in [2.75, 3.05) is 24.5 Å². The zero-order valence-corrected chi connectivity index (χ0v) is 13.6. The summed E-state index contributed by atoms with van der Waals surface area (Å²) in [7, 11) is 0. The Morgan fingerprint density at radius 2 is 1.91 bits per heavy atom. The molecule has 2 aromatic rings. The number of carbonyl (C=O) groups excluding carboxylic acids is 2. The third-order valence-corrected chi connectivity index (χ3v) is 3.83. The van der Waals surface area contributed by atoms with Crippen LogP contribution in [-0.2, 0) is 0 Å². The molecule has 1 amide bonds. The van der Waals surface area contributed by atoms with Crippen LogP contribution in [0, 0.1) is 6.92 Å². The number of rotatable bonds is 7. The predicted octanol–water partition coefficient (Wildman–Crippen LogP) is 3.06. The van der Waals surface area contributed by atoms with Gasteiger partial charge in [0.05, 0.1) is 0 Å². The lowest BCUT2D eigenvalue weighted by Crippen LogP contribution is -2.35. The maximum absolute atomic E-state index is 12.0. The molecule has 2 rings (SSSR count). The number of benzene rings is 2. The summed E-state index contributed by atoms with van der Waals surface area (Å²) in [6, 6.07) is 15.0. The number of aryl methyl sites for hydroxylation is 1. The standard InChI is InChI=1S/C19H22N2O2/c1-3-21(18-10-9-17(14-22)15(2)13-18)12-11-20-19(23)16-7-5-4-6-8-16/h4-10,13-14H,3,11-12H2,1-2H3,(H,20,23). The fourth-order valence-corrected chi connectivity index (χ4v) is 2.45. The highest BCUT2D eigenvalue weighted by atomic mass is 16.1. The molecule has 0 aliphatic heterocycles. The van der Waals surface area contributed by atoms with Gasteiger partial charge in [0, 0.05) is 36.4 Å². The first-order chi connectivity index (χ1) is 11.2. The summed E-state index contributed by atoms with van der Waals surface area (Å²) in [5, 5.41) is 2.93. The molecule has 0 unspecified atom stereocenters. The number of likely N-dealkylation sites (N-methyl/N-ethyl adjacent to an activating group) is 1. The van der Waals surface area contributed by atoms with Gasteiger partial charge in [0.1, 0.15) is 6.29 Å². The zero-order valence-electron chi connectivity index (χ0n) is 13.6. The van der Waals surface area contributed by atoms with E-state index in [-0.39, 0.29) is 5.91 Å². The number of anilines is 1. The Labute approximate surface area is 137 Å². The molecule has 2 aromatic carbocycles. The van der Waals surface area contributed by atoms with E-state index in [4.69, 9.17) is 0 Å². The quantitative estimate of drug-likeness (QED) is 0.800. The van der Waals surface area contributed by atoms with Gasteiger partial charge in [0.2, 0.25) is 0 Å². The fraction of sp³-hybridized carbons (Fsp3) is 0.263. The third-order valence-electron chi connectivity index (χ3n) is 3.83. The number of carbonyl (C=O) groups is 2. The van der Waals surface area contributed by atoms with Crippen molar-refractivity contribution in [3.8, 4) is 0 Å². The molecule has 0 saturated heterocycles. The molecule has 0 atom stereocenters. The largest absolute Gasteiger partial charge is 0.370 e. The van der Waals surface area contributed by atoms with Crippen molar-refractivity contribution in [2.24, 2.45) is 0 Å². The summed E-state index contributed by atoms with van der Waals surface area (Å²) in [5.74, 6) is -0.0610. The minimum Gasteiger partial charge on any atom is -0.370 e.